The van der Waals surface area contributed by atoms with Crippen LogP contribution in [0.2, 0.25) is 0 Å². The van der Waals surface area contributed by atoms with Crippen molar-refractivity contribution in [1.82, 2.24) is 0 Å². The van der Waals surface area contributed by atoms with E-state index < -0.39 is 53.0 Å². The maximum Gasteiger partial charge on any atom is 1.00 e. The Labute approximate surface area is 327 Å². The smallest absolute Gasteiger partial charge is 0.744 e. The maximum absolute atomic E-state index is 11.5. The Bertz CT molecular complexity index is 1300. The minimum Gasteiger partial charge on any atom is -0.744 e. The van der Waals surface area contributed by atoms with Crippen LogP contribution >= 0.6 is 7.92 Å². The molecular formula is C18H12K3O9PS3. The van der Waals surface area contributed by atoms with Crippen LogP contribution < -0.4 is 170 Å². The third kappa shape index (κ3) is 10.0. The fourth-order valence-corrected chi connectivity index (χ4v) is 7.00. The third-order valence-electron chi connectivity index (χ3n) is 4.09. The number of benzene rings is 3. The van der Waals surface area contributed by atoms with Gasteiger partial charge in [-0.2, -0.15) is 0 Å². The molecule has 0 heterocycles. The van der Waals surface area contributed by atoms with Gasteiger partial charge in [0, 0.05) is 0 Å². The Morgan fingerprint density at radius 3 is 0.912 bits per heavy atom. The second-order valence-corrected chi connectivity index (χ2v) is 12.5. The molecule has 16 heteroatoms. The van der Waals surface area contributed by atoms with Crippen molar-refractivity contribution in [3.8, 4) is 0 Å². The van der Waals surface area contributed by atoms with E-state index in [1.54, 1.807) is 0 Å². The van der Waals surface area contributed by atoms with Gasteiger partial charge >= 0.3 is 154 Å². The van der Waals surface area contributed by atoms with Crippen LogP contribution in [0.15, 0.2) is 87.5 Å². The second-order valence-electron chi connectivity index (χ2n) is 6.19. The van der Waals surface area contributed by atoms with E-state index >= 15 is 0 Å². The van der Waals surface area contributed by atoms with E-state index in [4.69, 9.17) is 0 Å². The standard InChI is InChI=1S/C18H15O9PS3.3K/c19-29(20,21)16-7-1-4-13(10-16)28(14-5-2-8-17(11-14)30(22,23)24)15-6-3-9-18(12-15)31(25,26)27;;;/h1-12H,(H,19,20,21)(H,22,23,24)(H,25,26,27);;;/q;3*+1/p-3. The molecule has 0 unspecified atom stereocenters. The summed E-state index contributed by atoms with van der Waals surface area (Å²) in [6.07, 6.45) is 0. The van der Waals surface area contributed by atoms with Crippen molar-refractivity contribution in [1.29, 1.82) is 0 Å². The molecule has 0 aliphatic carbocycles. The van der Waals surface area contributed by atoms with Gasteiger partial charge in [-0.05, 0) is 60.2 Å². The molecule has 0 saturated heterocycles. The van der Waals surface area contributed by atoms with Crippen molar-refractivity contribution in [2.75, 3.05) is 0 Å². The van der Waals surface area contributed by atoms with E-state index in [1.165, 1.54) is 36.4 Å². The molecule has 0 bridgehead atoms. The minimum absolute atomic E-state index is 0. The Morgan fingerprint density at radius 2 is 0.706 bits per heavy atom. The first-order valence-corrected chi connectivity index (χ1v) is 13.8. The van der Waals surface area contributed by atoms with Gasteiger partial charge in [0.05, 0.1) is 14.7 Å². The summed E-state index contributed by atoms with van der Waals surface area (Å²) in [5.41, 5.74) is 0. The summed E-state index contributed by atoms with van der Waals surface area (Å²) >= 11 is 0. The molecule has 0 saturated carbocycles. The van der Waals surface area contributed by atoms with Crippen molar-refractivity contribution in [2.24, 2.45) is 0 Å². The average molecular weight is 617 g/mol. The van der Waals surface area contributed by atoms with Crippen LogP contribution in [0.4, 0.5) is 0 Å². The number of hydrogen-bond donors (Lipinski definition) is 0. The summed E-state index contributed by atoms with van der Waals surface area (Å²) in [7, 11) is -16.3. The number of rotatable bonds is 6. The van der Waals surface area contributed by atoms with Crippen molar-refractivity contribution < 1.29 is 193 Å². The molecule has 164 valence electrons. The molecule has 0 atom stereocenters. The van der Waals surface area contributed by atoms with Gasteiger partial charge in [-0.25, -0.2) is 25.3 Å². The zero-order valence-corrected chi connectivity index (χ0v) is 31.0. The van der Waals surface area contributed by atoms with Crippen molar-refractivity contribution in [2.45, 2.75) is 14.7 Å². The Balaban J connectivity index is 0.00000363. The molecule has 3 aromatic rings. The maximum atomic E-state index is 11.5. The van der Waals surface area contributed by atoms with Gasteiger partial charge < -0.3 is 13.7 Å². The Morgan fingerprint density at radius 1 is 0.471 bits per heavy atom. The normalized spacial score (nSPS) is 11.6. The topological polar surface area (TPSA) is 172 Å². The molecule has 0 radical (unpaired) electrons. The summed E-state index contributed by atoms with van der Waals surface area (Å²) in [6, 6.07) is 14.8. The van der Waals surface area contributed by atoms with E-state index in [2.05, 4.69) is 0 Å². The van der Waals surface area contributed by atoms with E-state index in [0.717, 1.165) is 36.4 Å². The predicted octanol–water partition coefficient (Wildman–Crippen LogP) is -8.83. The molecule has 0 aliphatic rings. The summed E-state index contributed by atoms with van der Waals surface area (Å²) < 4.78 is 103. The molecule has 3 aromatic carbocycles. The largest absolute Gasteiger partial charge is 1.00 e. The molecule has 0 aromatic heterocycles. The zero-order chi connectivity index (χ0) is 23.0. The SMILES string of the molecule is O=S(=O)([O-])c1cccc(P(c2cccc(S(=O)(=O)[O-])c2)c2cccc(S(=O)(=O)[O-])c2)c1.[K+].[K+].[K+]. The van der Waals surface area contributed by atoms with Gasteiger partial charge in [-0.1, -0.05) is 36.4 Å². The van der Waals surface area contributed by atoms with E-state index in [0.29, 0.717) is 0 Å². The van der Waals surface area contributed by atoms with Gasteiger partial charge in [-0.3, -0.25) is 0 Å². The van der Waals surface area contributed by atoms with E-state index in [-0.39, 0.29) is 170 Å². The molecule has 0 amide bonds. The van der Waals surface area contributed by atoms with Crippen LogP contribution in [0.1, 0.15) is 0 Å². The van der Waals surface area contributed by atoms with Crippen molar-refractivity contribution >= 4 is 54.2 Å². The van der Waals surface area contributed by atoms with E-state index in [1.807, 2.05) is 0 Å². The fraction of sp³-hybridized carbons (Fsp3) is 0. The second kappa shape index (κ2) is 14.9. The molecule has 9 nitrogen and oxygen atoms in total. The van der Waals surface area contributed by atoms with Crippen LogP contribution in [0.25, 0.3) is 0 Å². The molecule has 0 N–H and O–H groups in total. The first-order chi connectivity index (χ1) is 14.3. The van der Waals surface area contributed by atoms with Gasteiger partial charge in [0.25, 0.3) is 0 Å². The van der Waals surface area contributed by atoms with E-state index in [9.17, 15) is 38.9 Å². The zero-order valence-electron chi connectivity index (χ0n) is 18.3. The van der Waals surface area contributed by atoms with Crippen LogP contribution in [-0.2, 0) is 30.4 Å². The van der Waals surface area contributed by atoms with Crippen molar-refractivity contribution in [3.05, 3.63) is 72.8 Å². The Hall–Kier alpha value is 2.73. The first-order valence-electron chi connectivity index (χ1n) is 8.25. The first kappa shape index (κ1) is 36.7. The quantitative estimate of drug-likeness (QED) is 0.148. The molecule has 34 heavy (non-hydrogen) atoms. The van der Waals surface area contributed by atoms with Gasteiger partial charge in [0.1, 0.15) is 30.4 Å². The molecular weight excluding hydrogens is 605 g/mol. The molecule has 0 spiro atoms. The molecule has 0 fully saturated rings. The number of hydrogen-bond acceptors (Lipinski definition) is 9. The summed E-state index contributed by atoms with van der Waals surface area (Å²) in [5.74, 6) is 0. The van der Waals surface area contributed by atoms with Crippen molar-refractivity contribution in [3.63, 3.8) is 0 Å². The predicted molar refractivity (Wildman–Crippen MR) is 109 cm³/mol. The summed E-state index contributed by atoms with van der Waals surface area (Å²) in [6.45, 7) is 0. The monoisotopic (exact) mass is 616 g/mol. The molecule has 0 aliphatic heterocycles. The van der Waals surface area contributed by atoms with Crippen LogP contribution in [0.5, 0.6) is 0 Å². The fourth-order valence-electron chi connectivity index (χ4n) is 2.78. The Kier molecular flexibility index (Phi) is 16.1. The van der Waals surface area contributed by atoms with Gasteiger partial charge in [0.15, 0.2) is 0 Å². The van der Waals surface area contributed by atoms with Gasteiger partial charge in [0.2, 0.25) is 0 Å². The van der Waals surface area contributed by atoms with Gasteiger partial charge in [-0.15, -0.1) is 0 Å². The summed E-state index contributed by atoms with van der Waals surface area (Å²) in [4.78, 5) is -1.63. The third-order valence-corrected chi connectivity index (χ3v) is 8.97. The minimum atomic E-state index is -4.82. The van der Waals surface area contributed by atoms with Crippen LogP contribution in [0.3, 0.4) is 0 Å². The molecule has 3 rings (SSSR count). The summed E-state index contributed by atoms with van der Waals surface area (Å²) in [5, 5.41) is 0.772. The van der Waals surface area contributed by atoms with Crippen LogP contribution in [-0.4, -0.2) is 38.9 Å². The average Bonchev–Trinajstić information content (AvgIpc) is 2.67. The van der Waals surface area contributed by atoms with Crippen LogP contribution in [0, 0.1) is 0 Å².